The molecule has 0 spiro atoms. The summed E-state index contributed by atoms with van der Waals surface area (Å²) in [7, 11) is 1.12. The van der Waals surface area contributed by atoms with E-state index >= 15 is 0 Å². The van der Waals surface area contributed by atoms with E-state index in [1.807, 2.05) is 5.32 Å². The maximum atomic E-state index is 12.9. The van der Waals surface area contributed by atoms with Crippen molar-refractivity contribution in [2.45, 2.75) is 6.11 Å². The first kappa shape index (κ1) is 10.4. The second kappa shape index (κ2) is 4.04. The zero-order valence-electron chi connectivity index (χ0n) is 7.46. The molecule has 0 aliphatic carbocycles. The highest BCUT2D eigenvalue weighted by atomic mass is 19.3. The van der Waals surface area contributed by atoms with E-state index in [0.29, 0.717) is 0 Å². The van der Waals surface area contributed by atoms with Gasteiger partial charge in [-0.1, -0.05) is 18.2 Å². The summed E-state index contributed by atoms with van der Waals surface area (Å²) in [5.74, 6) is -1.53. The number of likely N-dealkylation sites (N-methyl/N-ethyl adjacent to an activating group) is 1. The Morgan fingerprint density at radius 3 is 2.43 bits per heavy atom. The maximum absolute atomic E-state index is 12.9. The molecule has 5 heteroatoms. The van der Waals surface area contributed by atoms with Crippen LogP contribution in [0, 0.1) is 0 Å². The number of hydrogen-bond acceptors (Lipinski definition) is 2. The van der Waals surface area contributed by atoms with Crippen molar-refractivity contribution >= 4 is 5.91 Å². The molecule has 1 rings (SSSR count). The predicted molar refractivity (Wildman–Crippen MR) is 46.1 cm³/mol. The molecule has 0 aromatic heterocycles. The Labute approximate surface area is 79.7 Å². The highest BCUT2D eigenvalue weighted by Gasteiger charge is 2.41. The Morgan fingerprint density at radius 1 is 1.36 bits per heavy atom. The zero-order valence-corrected chi connectivity index (χ0v) is 7.46. The molecule has 0 aliphatic heterocycles. The lowest BCUT2D eigenvalue weighted by Crippen LogP contribution is -2.42. The number of carbonyl (C=O) groups excluding carboxylic acids is 1. The molecule has 0 unspecified atom stereocenters. The molecule has 0 saturated carbocycles. The van der Waals surface area contributed by atoms with E-state index in [1.165, 1.54) is 24.3 Å². The van der Waals surface area contributed by atoms with Gasteiger partial charge in [0.2, 0.25) is 0 Å². The number of benzene rings is 1. The number of nitrogens with one attached hydrogen (secondary N) is 1. The third kappa shape index (κ3) is 2.42. The molecule has 0 fully saturated rings. The van der Waals surface area contributed by atoms with Crippen LogP contribution in [0.25, 0.3) is 0 Å². The molecule has 14 heavy (non-hydrogen) atoms. The number of carbonyl (C=O) groups is 1. The van der Waals surface area contributed by atoms with Gasteiger partial charge in [0.25, 0.3) is 0 Å². The Kier molecular flexibility index (Phi) is 3.01. The van der Waals surface area contributed by atoms with Gasteiger partial charge in [-0.2, -0.15) is 8.78 Å². The fraction of sp³-hybridized carbons (Fsp3) is 0.222. The van der Waals surface area contributed by atoms with Gasteiger partial charge >= 0.3 is 12.0 Å². The van der Waals surface area contributed by atoms with Crippen molar-refractivity contribution in [3.05, 3.63) is 30.3 Å². The molecule has 1 N–H and O–H groups in total. The molecular weight excluding hydrogens is 192 g/mol. The average Bonchev–Trinajstić information content (AvgIpc) is 2.17. The number of rotatable bonds is 3. The van der Waals surface area contributed by atoms with E-state index in [9.17, 15) is 13.6 Å². The van der Waals surface area contributed by atoms with Crippen molar-refractivity contribution in [2.75, 3.05) is 7.05 Å². The van der Waals surface area contributed by atoms with Gasteiger partial charge in [-0.15, -0.1) is 0 Å². The van der Waals surface area contributed by atoms with Crippen molar-refractivity contribution in [1.29, 1.82) is 0 Å². The Hall–Kier alpha value is -1.65. The number of alkyl halides is 2. The van der Waals surface area contributed by atoms with Crippen LogP contribution in [0.4, 0.5) is 8.78 Å². The average molecular weight is 201 g/mol. The second-order valence-electron chi connectivity index (χ2n) is 2.51. The lowest BCUT2D eigenvalue weighted by atomic mass is 10.3. The summed E-state index contributed by atoms with van der Waals surface area (Å²) in [5.41, 5.74) is 0. The minimum Gasteiger partial charge on any atom is -0.425 e. The van der Waals surface area contributed by atoms with E-state index in [0.717, 1.165) is 7.05 Å². The maximum Gasteiger partial charge on any atom is 0.482 e. The normalized spacial score (nSPS) is 10.8. The summed E-state index contributed by atoms with van der Waals surface area (Å²) in [5, 5.41) is 1.81. The minimum atomic E-state index is -3.84. The van der Waals surface area contributed by atoms with Gasteiger partial charge in [0, 0.05) is 7.05 Å². The number of hydrogen-bond donors (Lipinski definition) is 1. The van der Waals surface area contributed by atoms with Crippen molar-refractivity contribution in [1.82, 2.24) is 5.32 Å². The van der Waals surface area contributed by atoms with E-state index in [-0.39, 0.29) is 5.75 Å². The third-order valence-corrected chi connectivity index (χ3v) is 1.48. The van der Waals surface area contributed by atoms with Gasteiger partial charge in [-0.3, -0.25) is 4.79 Å². The highest BCUT2D eigenvalue weighted by Crippen LogP contribution is 2.20. The SMILES string of the molecule is CNC(=O)C(F)(F)Oc1ccccc1. The Morgan fingerprint density at radius 2 is 1.93 bits per heavy atom. The molecule has 76 valence electrons. The van der Waals surface area contributed by atoms with Crippen LogP contribution in [-0.4, -0.2) is 19.1 Å². The van der Waals surface area contributed by atoms with Gasteiger partial charge in [0.1, 0.15) is 5.75 Å². The molecule has 0 saturated heterocycles. The van der Waals surface area contributed by atoms with E-state index in [1.54, 1.807) is 6.07 Å². The molecule has 1 amide bonds. The fourth-order valence-electron chi connectivity index (χ4n) is 0.828. The van der Waals surface area contributed by atoms with E-state index < -0.39 is 12.0 Å². The third-order valence-electron chi connectivity index (χ3n) is 1.48. The first-order valence-corrected chi connectivity index (χ1v) is 3.90. The van der Waals surface area contributed by atoms with Crippen molar-refractivity contribution in [3.8, 4) is 5.75 Å². The first-order valence-electron chi connectivity index (χ1n) is 3.90. The molecule has 0 aliphatic rings. The molecule has 3 nitrogen and oxygen atoms in total. The molecule has 0 bridgehead atoms. The van der Waals surface area contributed by atoms with Crippen molar-refractivity contribution < 1.29 is 18.3 Å². The summed E-state index contributed by atoms with van der Waals surface area (Å²) >= 11 is 0. The van der Waals surface area contributed by atoms with Crippen molar-refractivity contribution in [3.63, 3.8) is 0 Å². The van der Waals surface area contributed by atoms with Gasteiger partial charge in [0.05, 0.1) is 0 Å². The Bertz CT molecular complexity index is 314. The Balaban J connectivity index is 2.73. The van der Waals surface area contributed by atoms with Gasteiger partial charge in [-0.25, -0.2) is 0 Å². The molecule has 1 aromatic carbocycles. The van der Waals surface area contributed by atoms with Crippen LogP contribution < -0.4 is 10.1 Å². The number of halogens is 2. The van der Waals surface area contributed by atoms with Gasteiger partial charge in [-0.05, 0) is 12.1 Å². The van der Waals surface area contributed by atoms with Crippen LogP contribution in [-0.2, 0) is 4.79 Å². The topological polar surface area (TPSA) is 38.3 Å². The molecule has 1 aromatic rings. The second-order valence-corrected chi connectivity index (χ2v) is 2.51. The summed E-state index contributed by atoms with van der Waals surface area (Å²) in [4.78, 5) is 10.7. The molecular formula is C9H9F2NO2. The van der Waals surface area contributed by atoms with E-state index in [2.05, 4.69) is 4.74 Å². The summed E-state index contributed by atoms with van der Waals surface area (Å²) in [6.07, 6.45) is -3.84. The summed E-state index contributed by atoms with van der Waals surface area (Å²) < 4.78 is 29.9. The van der Waals surface area contributed by atoms with Crippen LogP contribution in [0.2, 0.25) is 0 Å². The molecule has 0 radical (unpaired) electrons. The van der Waals surface area contributed by atoms with Crippen LogP contribution in [0.5, 0.6) is 5.75 Å². The van der Waals surface area contributed by atoms with Crippen LogP contribution in [0.1, 0.15) is 0 Å². The highest BCUT2D eigenvalue weighted by molar-refractivity contribution is 5.81. The lowest BCUT2D eigenvalue weighted by Gasteiger charge is -2.15. The smallest absolute Gasteiger partial charge is 0.425 e. The zero-order chi connectivity index (χ0) is 10.6. The van der Waals surface area contributed by atoms with Crippen LogP contribution in [0.15, 0.2) is 30.3 Å². The first-order chi connectivity index (χ1) is 6.56. The minimum absolute atomic E-state index is 0.0545. The summed E-state index contributed by atoms with van der Waals surface area (Å²) in [6.45, 7) is 0. The predicted octanol–water partition coefficient (Wildman–Crippen LogP) is 1.40. The number of para-hydroxylation sites is 1. The van der Waals surface area contributed by atoms with Crippen molar-refractivity contribution in [2.24, 2.45) is 0 Å². The quantitative estimate of drug-likeness (QED) is 0.802. The standard InChI is InChI=1S/C9H9F2NO2/c1-12-8(13)9(10,11)14-7-5-3-2-4-6-7/h2-6H,1H3,(H,12,13). The van der Waals surface area contributed by atoms with Gasteiger partial charge < -0.3 is 10.1 Å². The van der Waals surface area contributed by atoms with Crippen LogP contribution in [0.3, 0.4) is 0 Å². The summed E-state index contributed by atoms with van der Waals surface area (Å²) in [6, 6.07) is 7.42. The number of ether oxygens (including phenoxy) is 1. The van der Waals surface area contributed by atoms with E-state index in [4.69, 9.17) is 0 Å². The van der Waals surface area contributed by atoms with Gasteiger partial charge in [0.15, 0.2) is 0 Å². The number of amides is 1. The monoisotopic (exact) mass is 201 g/mol. The van der Waals surface area contributed by atoms with Crippen LogP contribution >= 0.6 is 0 Å². The molecule has 0 atom stereocenters. The largest absolute Gasteiger partial charge is 0.482 e. The fourth-order valence-corrected chi connectivity index (χ4v) is 0.828. The lowest BCUT2D eigenvalue weighted by molar-refractivity contribution is -0.192. The molecule has 0 heterocycles.